The van der Waals surface area contributed by atoms with Crippen molar-refractivity contribution in [2.45, 2.75) is 32.9 Å². The lowest BCUT2D eigenvalue weighted by atomic mass is 10.3. The first kappa shape index (κ1) is 12.8. The van der Waals surface area contributed by atoms with Crippen molar-refractivity contribution < 1.29 is 0 Å². The van der Waals surface area contributed by atoms with Crippen molar-refractivity contribution in [2.24, 2.45) is 9.98 Å². The molecule has 0 aromatic carbocycles. The van der Waals surface area contributed by atoms with Gasteiger partial charge in [-0.15, -0.1) is 0 Å². The fourth-order valence-electron chi connectivity index (χ4n) is 1.60. The van der Waals surface area contributed by atoms with Gasteiger partial charge in [-0.1, -0.05) is 13.3 Å². The van der Waals surface area contributed by atoms with Gasteiger partial charge in [0.1, 0.15) is 6.17 Å². The largest absolute Gasteiger partial charge is 0.356 e. The summed E-state index contributed by atoms with van der Waals surface area (Å²) in [6, 6.07) is 0. The summed E-state index contributed by atoms with van der Waals surface area (Å²) in [6.45, 7) is 5.15. The zero-order chi connectivity index (χ0) is 12.1. The Hall–Kier alpha value is -1.26. The maximum atomic E-state index is 4.48. The Labute approximate surface area is 98.2 Å². The molecule has 0 spiro atoms. The van der Waals surface area contributed by atoms with Gasteiger partial charge in [0.2, 0.25) is 11.9 Å². The molecular weight excluding hydrogens is 202 g/mol. The van der Waals surface area contributed by atoms with Gasteiger partial charge in [-0.3, -0.25) is 4.90 Å². The summed E-state index contributed by atoms with van der Waals surface area (Å²) < 4.78 is 0. The minimum atomic E-state index is -0.00211. The van der Waals surface area contributed by atoms with Crippen LogP contribution in [0.25, 0.3) is 0 Å². The number of rotatable bonds is 3. The van der Waals surface area contributed by atoms with Crippen molar-refractivity contribution in [1.82, 2.24) is 15.1 Å². The maximum absolute atomic E-state index is 4.48. The van der Waals surface area contributed by atoms with E-state index in [1.807, 2.05) is 37.9 Å². The molecule has 0 aromatic rings. The van der Waals surface area contributed by atoms with E-state index >= 15 is 0 Å². The van der Waals surface area contributed by atoms with Gasteiger partial charge >= 0.3 is 0 Å². The molecule has 0 aliphatic carbocycles. The molecule has 16 heavy (non-hydrogen) atoms. The summed E-state index contributed by atoms with van der Waals surface area (Å²) >= 11 is 0. The van der Waals surface area contributed by atoms with E-state index in [4.69, 9.17) is 0 Å². The molecule has 0 saturated carbocycles. The fourth-order valence-corrected chi connectivity index (χ4v) is 1.60. The van der Waals surface area contributed by atoms with Gasteiger partial charge in [0, 0.05) is 27.7 Å². The molecule has 1 rings (SSSR count). The van der Waals surface area contributed by atoms with Gasteiger partial charge in [0.25, 0.3) is 0 Å². The Morgan fingerprint density at radius 3 is 2.62 bits per heavy atom. The minimum absolute atomic E-state index is 0.00211. The second kappa shape index (κ2) is 5.72. The van der Waals surface area contributed by atoms with Gasteiger partial charge < -0.3 is 10.2 Å². The first-order chi connectivity index (χ1) is 7.56. The topological polar surface area (TPSA) is 43.2 Å². The highest BCUT2D eigenvalue weighted by molar-refractivity contribution is 5.99. The Morgan fingerprint density at radius 1 is 1.38 bits per heavy atom. The van der Waals surface area contributed by atoms with Crippen LogP contribution < -0.4 is 5.32 Å². The molecule has 0 fully saturated rings. The van der Waals surface area contributed by atoms with Crippen molar-refractivity contribution in [3.05, 3.63) is 0 Å². The zero-order valence-corrected chi connectivity index (χ0v) is 11.0. The standard InChI is InChI=1S/C11H23N5/c1-6-7-8-12-10-13-9(2)14-11(15(3)4)16(10)5/h9H,6-8H2,1-5H3,(H,12,13). The quantitative estimate of drug-likeness (QED) is 0.727. The Balaban J connectivity index is 2.64. The van der Waals surface area contributed by atoms with Crippen LogP contribution in [-0.4, -0.2) is 55.6 Å². The summed E-state index contributed by atoms with van der Waals surface area (Å²) in [5, 5.41) is 3.36. The molecule has 0 radical (unpaired) electrons. The molecule has 1 atom stereocenters. The van der Waals surface area contributed by atoms with Crippen molar-refractivity contribution in [3.8, 4) is 0 Å². The van der Waals surface area contributed by atoms with Crippen LogP contribution in [0.3, 0.4) is 0 Å². The van der Waals surface area contributed by atoms with E-state index in [0.29, 0.717) is 0 Å². The summed E-state index contributed by atoms with van der Waals surface area (Å²) in [7, 11) is 5.98. The van der Waals surface area contributed by atoms with Gasteiger partial charge in [0.05, 0.1) is 0 Å². The minimum Gasteiger partial charge on any atom is -0.356 e. The third-order valence-corrected chi connectivity index (χ3v) is 2.44. The summed E-state index contributed by atoms with van der Waals surface area (Å²) in [6.07, 6.45) is 2.35. The van der Waals surface area contributed by atoms with Gasteiger partial charge in [-0.25, -0.2) is 9.98 Å². The lowest BCUT2D eigenvalue weighted by molar-refractivity contribution is 0.490. The number of guanidine groups is 2. The summed E-state index contributed by atoms with van der Waals surface area (Å²) in [5.74, 6) is 1.86. The van der Waals surface area contributed by atoms with E-state index in [-0.39, 0.29) is 6.17 Å². The monoisotopic (exact) mass is 225 g/mol. The lowest BCUT2D eigenvalue weighted by Gasteiger charge is -2.31. The number of aliphatic imine (C=N–C) groups is 2. The molecule has 0 amide bonds. The second-order valence-corrected chi connectivity index (χ2v) is 4.25. The molecule has 0 saturated heterocycles. The number of nitrogens with zero attached hydrogens (tertiary/aromatic N) is 4. The van der Waals surface area contributed by atoms with Crippen LogP contribution in [0.2, 0.25) is 0 Å². The van der Waals surface area contributed by atoms with E-state index in [1.165, 1.54) is 6.42 Å². The highest BCUT2D eigenvalue weighted by Gasteiger charge is 2.20. The predicted molar refractivity (Wildman–Crippen MR) is 68.7 cm³/mol. The molecule has 1 unspecified atom stereocenters. The molecule has 92 valence electrons. The first-order valence-electron chi connectivity index (χ1n) is 5.86. The Kier molecular flexibility index (Phi) is 4.58. The van der Waals surface area contributed by atoms with E-state index < -0.39 is 0 Å². The Bertz CT molecular complexity index is 282. The maximum Gasteiger partial charge on any atom is 0.204 e. The van der Waals surface area contributed by atoms with Gasteiger partial charge in [-0.2, -0.15) is 0 Å². The van der Waals surface area contributed by atoms with Crippen LogP contribution in [0.4, 0.5) is 0 Å². The highest BCUT2D eigenvalue weighted by atomic mass is 15.4. The second-order valence-electron chi connectivity index (χ2n) is 4.25. The zero-order valence-electron chi connectivity index (χ0n) is 11.0. The molecule has 1 aliphatic heterocycles. The van der Waals surface area contributed by atoms with E-state index in [0.717, 1.165) is 24.9 Å². The fraction of sp³-hybridized carbons (Fsp3) is 0.818. The highest BCUT2D eigenvalue weighted by Crippen LogP contribution is 2.06. The summed E-state index contributed by atoms with van der Waals surface area (Å²) in [5.41, 5.74) is 0. The average Bonchev–Trinajstić information content (AvgIpc) is 2.22. The average molecular weight is 225 g/mol. The van der Waals surface area contributed by atoms with Crippen LogP contribution in [0, 0.1) is 0 Å². The Morgan fingerprint density at radius 2 is 2.06 bits per heavy atom. The molecule has 0 bridgehead atoms. The van der Waals surface area contributed by atoms with Crippen molar-refractivity contribution >= 4 is 11.9 Å². The van der Waals surface area contributed by atoms with E-state index in [2.05, 4.69) is 22.2 Å². The van der Waals surface area contributed by atoms with E-state index in [1.54, 1.807) is 0 Å². The molecule has 0 aromatic heterocycles. The number of hydrogen-bond acceptors (Lipinski definition) is 5. The van der Waals surface area contributed by atoms with Crippen LogP contribution in [0.1, 0.15) is 26.7 Å². The number of unbranched alkanes of at least 4 members (excludes halogenated alkanes) is 1. The number of hydrogen-bond donors (Lipinski definition) is 1. The number of nitrogens with one attached hydrogen (secondary N) is 1. The smallest absolute Gasteiger partial charge is 0.204 e. The third-order valence-electron chi connectivity index (χ3n) is 2.44. The predicted octanol–water partition coefficient (Wildman–Crippen LogP) is 0.941. The SMILES string of the molecule is CCCCNC1=NC(C)N=C(N(C)C)N1C. The van der Waals surface area contributed by atoms with Gasteiger partial charge in [-0.05, 0) is 13.3 Å². The molecular formula is C11H23N5. The first-order valence-corrected chi connectivity index (χ1v) is 5.86. The van der Waals surface area contributed by atoms with Crippen LogP contribution in [0.5, 0.6) is 0 Å². The van der Waals surface area contributed by atoms with Crippen LogP contribution in [-0.2, 0) is 0 Å². The van der Waals surface area contributed by atoms with Gasteiger partial charge in [0.15, 0.2) is 0 Å². The van der Waals surface area contributed by atoms with Crippen LogP contribution >= 0.6 is 0 Å². The van der Waals surface area contributed by atoms with Crippen LogP contribution in [0.15, 0.2) is 9.98 Å². The third kappa shape index (κ3) is 3.12. The lowest BCUT2D eigenvalue weighted by Crippen LogP contribution is -2.50. The van der Waals surface area contributed by atoms with Crippen molar-refractivity contribution in [1.29, 1.82) is 0 Å². The molecule has 1 N–H and O–H groups in total. The van der Waals surface area contributed by atoms with E-state index in [9.17, 15) is 0 Å². The van der Waals surface area contributed by atoms with Crippen molar-refractivity contribution in [2.75, 3.05) is 27.7 Å². The molecule has 5 nitrogen and oxygen atoms in total. The summed E-state index contributed by atoms with van der Waals surface area (Å²) in [4.78, 5) is 13.0. The molecule has 5 heteroatoms. The van der Waals surface area contributed by atoms with Crippen molar-refractivity contribution in [3.63, 3.8) is 0 Å². The molecule has 1 heterocycles. The normalized spacial score (nSPS) is 20.3. The molecule has 1 aliphatic rings.